The number of nitrogen functional groups attached to an aromatic ring is 1. The largest absolute Gasteiger partial charge is 0.397 e. The van der Waals surface area contributed by atoms with Gasteiger partial charge < -0.3 is 21.1 Å². The molecule has 1 amide bonds. The molecule has 0 heterocycles. The molecule has 0 fully saturated rings. The van der Waals surface area contributed by atoms with Gasteiger partial charge in [0.1, 0.15) is 5.82 Å². The fourth-order valence-corrected chi connectivity index (χ4v) is 1.39. The summed E-state index contributed by atoms with van der Waals surface area (Å²) in [7, 11) is 1.57. The van der Waals surface area contributed by atoms with Crippen molar-refractivity contribution in [1.82, 2.24) is 5.32 Å². The third-order valence-electron chi connectivity index (χ3n) is 2.31. The number of hydrogen-bond acceptors (Lipinski definition) is 4. The number of carbonyl (C=O) groups excluding carboxylic acids is 1. The lowest BCUT2D eigenvalue weighted by Crippen LogP contribution is -2.28. The van der Waals surface area contributed by atoms with E-state index in [1.54, 1.807) is 13.2 Å². The van der Waals surface area contributed by atoms with Gasteiger partial charge in [0.2, 0.25) is 5.91 Å². The van der Waals surface area contributed by atoms with Crippen molar-refractivity contribution < 1.29 is 13.9 Å². The van der Waals surface area contributed by atoms with Gasteiger partial charge in [-0.05, 0) is 18.2 Å². The van der Waals surface area contributed by atoms with Crippen LogP contribution in [0.5, 0.6) is 0 Å². The third-order valence-corrected chi connectivity index (χ3v) is 2.31. The van der Waals surface area contributed by atoms with Gasteiger partial charge in [0.25, 0.3) is 0 Å². The number of amides is 1. The van der Waals surface area contributed by atoms with Crippen LogP contribution in [0.2, 0.25) is 0 Å². The Labute approximate surface area is 106 Å². The molecule has 0 aliphatic heterocycles. The summed E-state index contributed by atoms with van der Waals surface area (Å²) in [5, 5.41) is 5.68. The number of ether oxygens (including phenoxy) is 1. The van der Waals surface area contributed by atoms with E-state index >= 15 is 0 Å². The summed E-state index contributed by atoms with van der Waals surface area (Å²) < 4.78 is 17.6. The normalized spacial score (nSPS) is 10.1. The maximum atomic E-state index is 12.8. The van der Waals surface area contributed by atoms with Crippen molar-refractivity contribution in [3.8, 4) is 0 Å². The van der Waals surface area contributed by atoms with Gasteiger partial charge in [-0.25, -0.2) is 4.39 Å². The second-order valence-corrected chi connectivity index (χ2v) is 3.75. The van der Waals surface area contributed by atoms with Crippen LogP contribution in [0.25, 0.3) is 0 Å². The van der Waals surface area contributed by atoms with E-state index in [4.69, 9.17) is 10.5 Å². The summed E-state index contributed by atoms with van der Waals surface area (Å²) in [6.45, 7) is 1.42. The molecule has 4 N–H and O–H groups in total. The molecule has 5 nitrogen and oxygen atoms in total. The van der Waals surface area contributed by atoms with Crippen LogP contribution in [0.4, 0.5) is 15.8 Å². The van der Waals surface area contributed by atoms with Crippen LogP contribution in [0.15, 0.2) is 18.2 Å². The number of methoxy groups -OCH3 is 1. The highest BCUT2D eigenvalue weighted by Gasteiger charge is 2.02. The van der Waals surface area contributed by atoms with Crippen LogP contribution in [-0.2, 0) is 9.53 Å². The Hall–Kier alpha value is -1.82. The summed E-state index contributed by atoms with van der Waals surface area (Å²) in [6, 6.07) is 4.10. The van der Waals surface area contributed by atoms with Gasteiger partial charge in [-0.2, -0.15) is 0 Å². The van der Waals surface area contributed by atoms with Crippen molar-refractivity contribution in [3.05, 3.63) is 24.0 Å². The number of nitrogens with two attached hydrogens (primary N) is 1. The Morgan fingerprint density at radius 1 is 1.44 bits per heavy atom. The van der Waals surface area contributed by atoms with E-state index in [-0.39, 0.29) is 11.7 Å². The molecule has 6 heteroatoms. The molecular weight excluding hydrogens is 237 g/mol. The first-order valence-corrected chi connectivity index (χ1v) is 5.68. The molecule has 0 aliphatic rings. The van der Waals surface area contributed by atoms with Gasteiger partial charge in [0.15, 0.2) is 0 Å². The van der Waals surface area contributed by atoms with Gasteiger partial charge >= 0.3 is 0 Å². The topological polar surface area (TPSA) is 76.4 Å². The summed E-state index contributed by atoms with van der Waals surface area (Å²) in [4.78, 5) is 11.3. The van der Waals surface area contributed by atoms with Crippen LogP contribution >= 0.6 is 0 Å². The average Bonchev–Trinajstić information content (AvgIpc) is 2.32. The lowest BCUT2D eigenvalue weighted by atomic mass is 10.2. The van der Waals surface area contributed by atoms with E-state index in [0.29, 0.717) is 37.5 Å². The number of anilines is 2. The van der Waals surface area contributed by atoms with Crippen molar-refractivity contribution >= 4 is 17.3 Å². The minimum absolute atomic E-state index is 0.0692. The smallest absolute Gasteiger partial charge is 0.221 e. The standard InChI is InChI=1S/C12H18FN3O2/c1-18-7-6-16-12(17)4-5-15-11-3-2-9(13)8-10(11)14/h2-3,8,15H,4-7,14H2,1H3,(H,16,17). The molecule has 18 heavy (non-hydrogen) atoms. The van der Waals surface area contributed by atoms with E-state index in [9.17, 15) is 9.18 Å². The highest BCUT2D eigenvalue weighted by molar-refractivity contribution is 5.76. The molecule has 0 aromatic heterocycles. The monoisotopic (exact) mass is 255 g/mol. The predicted molar refractivity (Wildman–Crippen MR) is 68.8 cm³/mol. The summed E-state index contributed by atoms with van der Waals surface area (Å²) in [5.74, 6) is -0.449. The number of hydrogen-bond donors (Lipinski definition) is 3. The fraction of sp³-hybridized carbons (Fsp3) is 0.417. The summed E-state index contributed by atoms with van der Waals surface area (Å²) >= 11 is 0. The molecule has 0 saturated carbocycles. The Kier molecular flexibility index (Phi) is 5.93. The summed E-state index contributed by atoms with van der Waals surface area (Å²) in [5.41, 5.74) is 6.57. The van der Waals surface area contributed by atoms with Crippen LogP contribution in [0, 0.1) is 5.82 Å². The second kappa shape index (κ2) is 7.50. The van der Waals surface area contributed by atoms with Gasteiger partial charge in [0, 0.05) is 26.6 Å². The van der Waals surface area contributed by atoms with Gasteiger partial charge in [-0.15, -0.1) is 0 Å². The first kappa shape index (κ1) is 14.2. The van der Waals surface area contributed by atoms with Crippen molar-refractivity contribution in [2.24, 2.45) is 0 Å². The Bertz CT molecular complexity index is 399. The van der Waals surface area contributed by atoms with Crippen molar-refractivity contribution in [3.63, 3.8) is 0 Å². The SMILES string of the molecule is COCCNC(=O)CCNc1ccc(F)cc1N. The number of rotatable bonds is 7. The average molecular weight is 255 g/mol. The first-order chi connectivity index (χ1) is 8.63. The minimum atomic E-state index is -0.379. The molecule has 0 unspecified atom stereocenters. The maximum absolute atomic E-state index is 12.8. The predicted octanol–water partition coefficient (Wildman–Crippen LogP) is 0.972. The Morgan fingerprint density at radius 3 is 2.89 bits per heavy atom. The molecular formula is C12H18FN3O2. The zero-order chi connectivity index (χ0) is 13.4. The van der Waals surface area contributed by atoms with Crippen molar-refractivity contribution in [2.45, 2.75) is 6.42 Å². The van der Waals surface area contributed by atoms with Gasteiger partial charge in [-0.1, -0.05) is 0 Å². The minimum Gasteiger partial charge on any atom is -0.397 e. The first-order valence-electron chi connectivity index (χ1n) is 5.68. The van der Waals surface area contributed by atoms with Crippen molar-refractivity contribution in [1.29, 1.82) is 0 Å². The van der Waals surface area contributed by atoms with E-state index in [2.05, 4.69) is 10.6 Å². The van der Waals surface area contributed by atoms with Crippen molar-refractivity contribution in [2.75, 3.05) is 37.9 Å². The van der Waals surface area contributed by atoms with Crippen LogP contribution in [0.1, 0.15) is 6.42 Å². The van der Waals surface area contributed by atoms with Gasteiger partial charge in [0.05, 0.1) is 18.0 Å². The molecule has 0 atom stereocenters. The molecule has 0 radical (unpaired) electrons. The molecule has 0 aliphatic carbocycles. The van der Waals surface area contributed by atoms with Crippen LogP contribution in [0.3, 0.4) is 0 Å². The molecule has 1 aromatic rings. The zero-order valence-corrected chi connectivity index (χ0v) is 10.3. The lowest BCUT2D eigenvalue weighted by molar-refractivity contribution is -0.121. The Balaban J connectivity index is 2.26. The molecule has 0 bridgehead atoms. The molecule has 0 saturated heterocycles. The van der Waals surface area contributed by atoms with Crippen LogP contribution in [-0.4, -0.2) is 32.7 Å². The molecule has 1 aromatic carbocycles. The van der Waals surface area contributed by atoms with E-state index in [1.165, 1.54) is 12.1 Å². The van der Waals surface area contributed by atoms with Crippen LogP contribution < -0.4 is 16.4 Å². The third kappa shape index (κ3) is 5.01. The highest BCUT2D eigenvalue weighted by atomic mass is 19.1. The van der Waals surface area contributed by atoms with E-state index in [1.807, 2.05) is 0 Å². The quantitative estimate of drug-likeness (QED) is 0.501. The van der Waals surface area contributed by atoms with E-state index < -0.39 is 0 Å². The second-order valence-electron chi connectivity index (χ2n) is 3.75. The Morgan fingerprint density at radius 2 is 2.22 bits per heavy atom. The summed E-state index contributed by atoms with van der Waals surface area (Å²) in [6.07, 6.45) is 0.320. The lowest BCUT2D eigenvalue weighted by Gasteiger charge is -2.09. The number of benzene rings is 1. The number of carbonyl (C=O) groups is 1. The number of nitrogens with one attached hydrogen (secondary N) is 2. The molecule has 100 valence electrons. The zero-order valence-electron chi connectivity index (χ0n) is 10.3. The highest BCUT2D eigenvalue weighted by Crippen LogP contribution is 2.18. The molecule has 0 spiro atoms. The molecule has 1 rings (SSSR count). The maximum Gasteiger partial charge on any atom is 0.221 e. The van der Waals surface area contributed by atoms with E-state index in [0.717, 1.165) is 0 Å². The number of halogens is 1. The van der Waals surface area contributed by atoms with Gasteiger partial charge in [-0.3, -0.25) is 4.79 Å². The fourth-order valence-electron chi connectivity index (χ4n) is 1.39.